The third-order valence-electron chi connectivity index (χ3n) is 4.82. The molecule has 0 spiro atoms. The van der Waals surface area contributed by atoms with Crippen molar-refractivity contribution in [3.05, 3.63) is 54.1 Å². The zero-order valence-electron chi connectivity index (χ0n) is 16.2. The summed E-state index contributed by atoms with van der Waals surface area (Å²) in [6, 6.07) is 10.0. The molecule has 0 bridgehead atoms. The molecule has 0 saturated heterocycles. The van der Waals surface area contributed by atoms with Crippen LogP contribution < -0.4 is 4.90 Å². The van der Waals surface area contributed by atoms with Crippen molar-refractivity contribution in [2.45, 2.75) is 32.6 Å². The fourth-order valence-electron chi connectivity index (χ4n) is 3.15. The lowest BCUT2D eigenvalue weighted by molar-refractivity contribution is -0.118. The Morgan fingerprint density at radius 1 is 1.32 bits per heavy atom. The highest BCUT2D eigenvalue weighted by Crippen LogP contribution is 2.22. The summed E-state index contributed by atoms with van der Waals surface area (Å²) < 4.78 is 7.40. The largest absolute Gasteiger partial charge is 0.394 e. The Kier molecular flexibility index (Phi) is 5.90. The Morgan fingerprint density at radius 3 is 2.82 bits per heavy atom. The van der Waals surface area contributed by atoms with Crippen LogP contribution in [-0.4, -0.2) is 27.2 Å². The molecule has 0 atom stereocenters. The first-order valence-electron chi connectivity index (χ1n) is 9.27. The number of nitriles is 1. The van der Waals surface area contributed by atoms with Crippen molar-refractivity contribution >= 4 is 22.8 Å². The summed E-state index contributed by atoms with van der Waals surface area (Å²) in [7, 11) is 2.00. The predicted molar refractivity (Wildman–Crippen MR) is 107 cm³/mol. The number of nitrogens with zero attached hydrogens (tertiary/aromatic N) is 5. The van der Waals surface area contributed by atoms with E-state index in [9.17, 15) is 4.79 Å². The van der Waals surface area contributed by atoms with Crippen LogP contribution in [0.5, 0.6) is 0 Å². The Hall–Kier alpha value is -3.40. The Balaban J connectivity index is 1.81. The monoisotopic (exact) mass is 377 g/mol. The molecule has 7 heteroatoms. The van der Waals surface area contributed by atoms with Gasteiger partial charge in [0, 0.05) is 37.1 Å². The van der Waals surface area contributed by atoms with Gasteiger partial charge in [0.1, 0.15) is 0 Å². The first-order chi connectivity index (χ1) is 13.5. The summed E-state index contributed by atoms with van der Waals surface area (Å²) in [5.41, 5.74) is 3.29. The number of carbonyl (C=O) groups is 1. The first-order valence-corrected chi connectivity index (χ1v) is 9.27. The number of para-hydroxylation sites is 1. The van der Waals surface area contributed by atoms with Gasteiger partial charge in [0.15, 0.2) is 6.07 Å². The van der Waals surface area contributed by atoms with E-state index in [-0.39, 0.29) is 17.8 Å². The molecule has 0 N–H and O–H groups in total. The van der Waals surface area contributed by atoms with E-state index in [0.29, 0.717) is 25.8 Å². The zero-order chi connectivity index (χ0) is 20.1. The minimum atomic E-state index is -0.157. The number of rotatable bonds is 8. The molecule has 2 heterocycles. The fraction of sp³-hybridized carbons (Fsp3) is 0.333. The number of allylic oxidation sites excluding steroid dienone is 1. The van der Waals surface area contributed by atoms with Crippen molar-refractivity contribution in [2.75, 3.05) is 11.4 Å². The Bertz CT molecular complexity index is 1040. The van der Waals surface area contributed by atoms with E-state index in [2.05, 4.69) is 39.7 Å². The molecule has 3 rings (SSSR count). The summed E-state index contributed by atoms with van der Waals surface area (Å²) in [6.45, 7) is 6.36. The van der Waals surface area contributed by atoms with Crippen LogP contribution in [0.15, 0.2) is 47.0 Å². The third-order valence-corrected chi connectivity index (χ3v) is 4.82. The van der Waals surface area contributed by atoms with Gasteiger partial charge in [-0.1, -0.05) is 47.5 Å². The van der Waals surface area contributed by atoms with Crippen LogP contribution in [0.25, 0.3) is 10.9 Å². The number of carbonyl (C=O) groups excluding carboxylic acids is 1. The second-order valence-corrected chi connectivity index (χ2v) is 6.68. The lowest BCUT2D eigenvalue weighted by Gasteiger charge is -2.18. The molecule has 2 aromatic heterocycles. The van der Waals surface area contributed by atoms with Crippen LogP contribution in [-0.2, 0) is 18.3 Å². The molecule has 144 valence electrons. The Labute approximate surface area is 163 Å². The van der Waals surface area contributed by atoms with Crippen molar-refractivity contribution in [3.63, 3.8) is 0 Å². The molecule has 0 fully saturated rings. The van der Waals surface area contributed by atoms with E-state index in [4.69, 9.17) is 9.68 Å². The van der Waals surface area contributed by atoms with Gasteiger partial charge in [0.05, 0.1) is 0 Å². The van der Waals surface area contributed by atoms with Gasteiger partial charge in [-0.3, -0.25) is 9.69 Å². The standard InChI is InChI=1S/C21H23N5O2/c1-4-15(2)9-10-20(27)26(21-24-23-19(13-22)28-21)12-11-16-14-25(3)18-8-6-5-7-17(16)18/h5-8,14H,2,4,9-12H2,1,3H3. The molecule has 0 aliphatic rings. The third kappa shape index (κ3) is 4.12. The summed E-state index contributed by atoms with van der Waals surface area (Å²) in [5.74, 6) is -0.279. The van der Waals surface area contributed by atoms with Gasteiger partial charge in [-0.05, 0) is 30.9 Å². The molecule has 0 unspecified atom stereocenters. The minimum absolute atomic E-state index is 0.0592. The van der Waals surface area contributed by atoms with Crippen LogP contribution in [0.4, 0.5) is 6.01 Å². The summed E-state index contributed by atoms with van der Waals surface area (Å²) in [4.78, 5) is 14.3. The smallest absolute Gasteiger partial charge is 0.325 e. The van der Waals surface area contributed by atoms with E-state index < -0.39 is 0 Å². The number of amides is 1. The van der Waals surface area contributed by atoms with Gasteiger partial charge in [-0.15, -0.1) is 0 Å². The normalized spacial score (nSPS) is 10.8. The average Bonchev–Trinajstić information content (AvgIpc) is 3.31. The van der Waals surface area contributed by atoms with E-state index in [0.717, 1.165) is 28.5 Å². The predicted octanol–water partition coefficient (Wildman–Crippen LogP) is 3.76. The molecule has 28 heavy (non-hydrogen) atoms. The van der Waals surface area contributed by atoms with E-state index in [1.54, 1.807) is 6.07 Å². The molecular weight excluding hydrogens is 354 g/mol. The van der Waals surface area contributed by atoms with Gasteiger partial charge < -0.3 is 8.98 Å². The fourth-order valence-corrected chi connectivity index (χ4v) is 3.15. The lowest BCUT2D eigenvalue weighted by atomic mass is 10.1. The molecular formula is C21H23N5O2. The van der Waals surface area contributed by atoms with Gasteiger partial charge in [0.25, 0.3) is 0 Å². The van der Waals surface area contributed by atoms with Crippen molar-refractivity contribution in [2.24, 2.45) is 7.05 Å². The van der Waals surface area contributed by atoms with Crippen LogP contribution in [0.1, 0.15) is 37.6 Å². The molecule has 0 aliphatic heterocycles. The molecule has 0 aliphatic carbocycles. The first kappa shape index (κ1) is 19.4. The second kappa shape index (κ2) is 8.53. The maximum Gasteiger partial charge on any atom is 0.325 e. The highest BCUT2D eigenvalue weighted by atomic mass is 16.4. The number of anilines is 1. The van der Waals surface area contributed by atoms with Crippen molar-refractivity contribution in [3.8, 4) is 6.07 Å². The maximum atomic E-state index is 12.8. The number of aromatic nitrogens is 3. The summed E-state index contributed by atoms with van der Waals surface area (Å²) in [5, 5.41) is 17.6. The number of aryl methyl sites for hydroxylation is 1. The molecule has 3 aromatic rings. The van der Waals surface area contributed by atoms with Gasteiger partial charge in [-0.25, -0.2) is 0 Å². The van der Waals surface area contributed by atoms with Crippen LogP contribution in [0.2, 0.25) is 0 Å². The highest BCUT2D eigenvalue weighted by molar-refractivity contribution is 5.91. The highest BCUT2D eigenvalue weighted by Gasteiger charge is 2.22. The number of hydrogen-bond donors (Lipinski definition) is 0. The van der Waals surface area contributed by atoms with Crippen LogP contribution in [0.3, 0.4) is 0 Å². The maximum absolute atomic E-state index is 12.8. The van der Waals surface area contributed by atoms with Crippen LogP contribution in [0, 0.1) is 11.3 Å². The van der Waals surface area contributed by atoms with Gasteiger partial charge in [-0.2, -0.15) is 5.26 Å². The average molecular weight is 377 g/mol. The number of hydrogen-bond acceptors (Lipinski definition) is 5. The summed E-state index contributed by atoms with van der Waals surface area (Å²) >= 11 is 0. The molecule has 7 nitrogen and oxygen atoms in total. The zero-order valence-corrected chi connectivity index (χ0v) is 16.2. The lowest BCUT2D eigenvalue weighted by Crippen LogP contribution is -2.33. The van der Waals surface area contributed by atoms with Gasteiger partial charge in [0.2, 0.25) is 5.91 Å². The quantitative estimate of drug-likeness (QED) is 0.558. The number of benzene rings is 1. The topological polar surface area (TPSA) is 88.0 Å². The van der Waals surface area contributed by atoms with Crippen molar-refractivity contribution in [1.29, 1.82) is 5.26 Å². The second-order valence-electron chi connectivity index (χ2n) is 6.68. The van der Waals surface area contributed by atoms with Crippen LogP contribution >= 0.6 is 0 Å². The Morgan fingerprint density at radius 2 is 2.11 bits per heavy atom. The van der Waals surface area contributed by atoms with E-state index >= 15 is 0 Å². The SMILES string of the molecule is C=C(CC)CCC(=O)N(CCc1cn(C)c2ccccc12)c1nnc(C#N)o1. The molecule has 0 saturated carbocycles. The molecule has 0 radical (unpaired) electrons. The minimum Gasteiger partial charge on any atom is -0.394 e. The van der Waals surface area contributed by atoms with Gasteiger partial charge >= 0.3 is 11.9 Å². The molecule has 1 aromatic carbocycles. The van der Waals surface area contributed by atoms with E-state index in [1.165, 1.54) is 4.90 Å². The number of fused-ring (bicyclic) bond motifs is 1. The molecule has 1 amide bonds. The van der Waals surface area contributed by atoms with Crippen molar-refractivity contribution in [1.82, 2.24) is 14.8 Å². The summed E-state index contributed by atoms with van der Waals surface area (Å²) in [6.07, 6.45) is 4.46. The van der Waals surface area contributed by atoms with E-state index in [1.807, 2.05) is 26.1 Å². The van der Waals surface area contributed by atoms with Crippen molar-refractivity contribution < 1.29 is 9.21 Å².